The zero-order valence-electron chi connectivity index (χ0n) is 14.3. The summed E-state index contributed by atoms with van der Waals surface area (Å²) in [5.41, 5.74) is 0.221. The van der Waals surface area contributed by atoms with Gasteiger partial charge in [0.2, 0.25) is 10.0 Å². The molecule has 0 aliphatic heterocycles. The molecule has 136 valence electrons. The van der Waals surface area contributed by atoms with Crippen LogP contribution >= 0.6 is 11.6 Å². The predicted octanol–water partition coefficient (Wildman–Crippen LogP) is 3.46. The zero-order chi connectivity index (χ0) is 19.3. The summed E-state index contributed by atoms with van der Waals surface area (Å²) >= 11 is 6.05. The maximum atomic E-state index is 12.7. The summed E-state index contributed by atoms with van der Waals surface area (Å²) in [4.78, 5) is 12.2. The average Bonchev–Trinajstić information content (AvgIpc) is 2.63. The fourth-order valence-corrected chi connectivity index (χ4v) is 4.30. The summed E-state index contributed by atoms with van der Waals surface area (Å²) in [5.74, 6) is -0.677. The molecule has 0 bridgehead atoms. The highest BCUT2D eigenvalue weighted by atomic mass is 35.5. The molecule has 0 amide bonds. The van der Waals surface area contributed by atoms with Gasteiger partial charge in [-0.05, 0) is 30.3 Å². The Morgan fingerprint density at radius 3 is 2.46 bits per heavy atom. The van der Waals surface area contributed by atoms with Crippen LogP contribution in [0.5, 0.6) is 5.75 Å². The number of hydrogen-bond donors (Lipinski definition) is 0. The molecule has 2 aromatic rings. The van der Waals surface area contributed by atoms with Crippen molar-refractivity contribution in [1.82, 2.24) is 4.31 Å². The molecule has 0 unspecified atom stereocenters. The Balaban J connectivity index is 2.41. The summed E-state index contributed by atoms with van der Waals surface area (Å²) in [6.07, 6.45) is 0. The lowest BCUT2D eigenvalue weighted by Gasteiger charge is -2.19. The minimum absolute atomic E-state index is 0.0193. The van der Waals surface area contributed by atoms with E-state index in [4.69, 9.17) is 21.6 Å². The molecule has 0 atom stereocenters. The van der Waals surface area contributed by atoms with E-state index in [9.17, 15) is 13.2 Å². The van der Waals surface area contributed by atoms with Crippen LogP contribution in [0.3, 0.4) is 0 Å². The molecule has 0 saturated carbocycles. The largest absolute Gasteiger partial charge is 0.422 e. The van der Waals surface area contributed by atoms with Crippen molar-refractivity contribution in [2.24, 2.45) is 0 Å². The van der Waals surface area contributed by atoms with Gasteiger partial charge in [0.25, 0.3) is 0 Å². The first-order valence-corrected chi connectivity index (χ1v) is 9.68. The van der Waals surface area contributed by atoms with E-state index in [1.807, 2.05) is 6.07 Å². The fourth-order valence-electron chi connectivity index (χ4n) is 2.34. The minimum atomic E-state index is -3.83. The number of carbonyl (C=O) groups is 1. The van der Waals surface area contributed by atoms with E-state index >= 15 is 0 Å². The molecule has 0 aromatic heterocycles. The van der Waals surface area contributed by atoms with Crippen LogP contribution in [0.1, 0.15) is 29.8 Å². The SMILES string of the molecule is CCN(CC)S(=O)(=O)c1cc(C(=O)Oc2ccccc2C#N)ccc1Cl. The molecular weight excluding hydrogens is 376 g/mol. The van der Waals surface area contributed by atoms with Gasteiger partial charge in [-0.25, -0.2) is 13.2 Å². The van der Waals surface area contributed by atoms with Crippen LogP contribution in [0.25, 0.3) is 0 Å². The monoisotopic (exact) mass is 392 g/mol. The van der Waals surface area contributed by atoms with Crippen LogP contribution in [0.15, 0.2) is 47.4 Å². The molecule has 0 radical (unpaired) electrons. The number of rotatable bonds is 6. The van der Waals surface area contributed by atoms with Gasteiger partial charge in [-0.2, -0.15) is 9.57 Å². The van der Waals surface area contributed by atoms with Crippen LogP contribution in [0.2, 0.25) is 5.02 Å². The summed E-state index contributed by atoms with van der Waals surface area (Å²) in [7, 11) is -3.83. The molecule has 0 fully saturated rings. The lowest BCUT2D eigenvalue weighted by molar-refractivity contribution is 0.0734. The number of para-hydroxylation sites is 1. The van der Waals surface area contributed by atoms with Gasteiger partial charge < -0.3 is 4.74 Å². The number of benzene rings is 2. The van der Waals surface area contributed by atoms with Crippen LogP contribution in [0, 0.1) is 11.3 Å². The van der Waals surface area contributed by atoms with E-state index < -0.39 is 16.0 Å². The highest BCUT2D eigenvalue weighted by Gasteiger charge is 2.26. The molecule has 0 N–H and O–H groups in total. The van der Waals surface area contributed by atoms with E-state index in [-0.39, 0.29) is 39.9 Å². The zero-order valence-corrected chi connectivity index (χ0v) is 15.8. The molecule has 2 rings (SSSR count). The lowest BCUT2D eigenvalue weighted by atomic mass is 10.2. The van der Waals surface area contributed by atoms with E-state index in [0.717, 1.165) is 0 Å². The normalized spacial score (nSPS) is 11.2. The number of hydrogen-bond acceptors (Lipinski definition) is 5. The third kappa shape index (κ3) is 4.05. The molecule has 0 heterocycles. The first kappa shape index (κ1) is 19.9. The molecule has 2 aromatic carbocycles. The molecule has 6 nitrogen and oxygen atoms in total. The second-order valence-electron chi connectivity index (χ2n) is 5.23. The number of nitriles is 1. The van der Waals surface area contributed by atoms with Crippen LogP contribution in [-0.2, 0) is 10.0 Å². The van der Waals surface area contributed by atoms with Gasteiger partial charge in [0.05, 0.1) is 16.1 Å². The molecule has 8 heteroatoms. The Morgan fingerprint density at radius 2 is 1.85 bits per heavy atom. The Morgan fingerprint density at radius 1 is 1.19 bits per heavy atom. The van der Waals surface area contributed by atoms with E-state index in [1.165, 1.54) is 34.6 Å². The van der Waals surface area contributed by atoms with Crippen molar-refractivity contribution in [1.29, 1.82) is 5.26 Å². The van der Waals surface area contributed by atoms with Crippen molar-refractivity contribution in [2.75, 3.05) is 13.1 Å². The van der Waals surface area contributed by atoms with Crippen LogP contribution in [0.4, 0.5) is 0 Å². The standard InChI is InChI=1S/C18H17ClN2O4S/c1-3-21(4-2)26(23,24)17-11-13(9-10-15(17)19)18(22)25-16-8-6-5-7-14(16)12-20/h5-11H,3-4H2,1-2H3. The number of nitrogens with zero attached hydrogens (tertiary/aromatic N) is 2. The van der Waals surface area contributed by atoms with E-state index in [2.05, 4.69) is 0 Å². The Bertz CT molecular complexity index is 963. The number of sulfonamides is 1. The number of ether oxygens (including phenoxy) is 1. The highest BCUT2D eigenvalue weighted by molar-refractivity contribution is 7.89. The van der Waals surface area contributed by atoms with Crippen molar-refractivity contribution in [3.63, 3.8) is 0 Å². The Labute approximate surface area is 157 Å². The van der Waals surface area contributed by atoms with Gasteiger partial charge in [0, 0.05) is 13.1 Å². The first-order chi connectivity index (χ1) is 12.3. The Kier molecular flexibility index (Phi) is 6.37. The smallest absolute Gasteiger partial charge is 0.343 e. The summed E-state index contributed by atoms with van der Waals surface area (Å²) in [6.45, 7) is 3.98. The molecule has 0 saturated heterocycles. The van der Waals surface area contributed by atoms with Crippen molar-refractivity contribution in [2.45, 2.75) is 18.7 Å². The fraction of sp³-hybridized carbons (Fsp3) is 0.222. The highest BCUT2D eigenvalue weighted by Crippen LogP contribution is 2.27. The molecule has 0 aliphatic carbocycles. The Hall–Kier alpha value is -2.40. The van der Waals surface area contributed by atoms with Crippen molar-refractivity contribution in [3.05, 3.63) is 58.6 Å². The lowest BCUT2D eigenvalue weighted by Crippen LogP contribution is -2.31. The predicted molar refractivity (Wildman–Crippen MR) is 97.7 cm³/mol. The maximum Gasteiger partial charge on any atom is 0.343 e. The van der Waals surface area contributed by atoms with Gasteiger partial charge in [-0.15, -0.1) is 0 Å². The van der Waals surface area contributed by atoms with Crippen LogP contribution < -0.4 is 4.74 Å². The van der Waals surface area contributed by atoms with Gasteiger partial charge in [0.1, 0.15) is 16.7 Å². The molecule has 0 aliphatic rings. The van der Waals surface area contributed by atoms with Gasteiger partial charge in [-0.3, -0.25) is 0 Å². The molecule has 26 heavy (non-hydrogen) atoms. The third-order valence-corrected chi connectivity index (χ3v) is 6.23. The van der Waals surface area contributed by atoms with Crippen LogP contribution in [-0.4, -0.2) is 31.8 Å². The number of esters is 1. The summed E-state index contributed by atoms with van der Waals surface area (Å²) < 4.78 is 31.9. The average molecular weight is 393 g/mol. The second-order valence-corrected chi connectivity index (χ2v) is 7.55. The van der Waals surface area contributed by atoms with Crippen molar-refractivity contribution >= 4 is 27.6 Å². The maximum absolute atomic E-state index is 12.7. The third-order valence-electron chi connectivity index (χ3n) is 3.70. The van der Waals surface area contributed by atoms with Gasteiger partial charge in [0.15, 0.2) is 0 Å². The van der Waals surface area contributed by atoms with Crippen molar-refractivity contribution < 1.29 is 17.9 Å². The number of halogens is 1. The second kappa shape index (κ2) is 8.32. The molecule has 0 spiro atoms. The summed E-state index contributed by atoms with van der Waals surface area (Å²) in [5, 5.41) is 9.08. The van der Waals surface area contributed by atoms with E-state index in [0.29, 0.717) is 0 Å². The quantitative estimate of drug-likeness (QED) is 0.555. The van der Waals surface area contributed by atoms with E-state index in [1.54, 1.807) is 26.0 Å². The summed E-state index contributed by atoms with van der Waals surface area (Å²) in [6, 6.07) is 12.1. The van der Waals surface area contributed by atoms with Gasteiger partial charge >= 0.3 is 5.97 Å². The van der Waals surface area contributed by atoms with Gasteiger partial charge in [-0.1, -0.05) is 37.6 Å². The first-order valence-electron chi connectivity index (χ1n) is 7.86. The molecular formula is C18H17ClN2O4S. The minimum Gasteiger partial charge on any atom is -0.422 e. The topological polar surface area (TPSA) is 87.5 Å². The number of carbonyl (C=O) groups excluding carboxylic acids is 1. The van der Waals surface area contributed by atoms with Crippen molar-refractivity contribution in [3.8, 4) is 11.8 Å².